The average molecular weight is 542 g/mol. The van der Waals surface area contributed by atoms with Gasteiger partial charge in [-0.15, -0.1) is 0 Å². The molecule has 4 rings (SSSR count). The molecule has 1 saturated heterocycles. The number of nitrogens with zero attached hydrogens (tertiary/aromatic N) is 4. The minimum Gasteiger partial charge on any atom is -0.492 e. The topological polar surface area (TPSA) is 90.7 Å². The van der Waals surface area contributed by atoms with E-state index in [-0.39, 0.29) is 6.61 Å². The number of hydrogen-bond acceptors (Lipinski definition) is 8. The molecule has 1 aliphatic heterocycles. The lowest BCUT2D eigenvalue weighted by Crippen LogP contribution is -2.46. The van der Waals surface area contributed by atoms with E-state index in [0.717, 1.165) is 49.5 Å². The lowest BCUT2D eigenvalue weighted by atomic mass is 10.1. The summed E-state index contributed by atoms with van der Waals surface area (Å²) in [5.74, 6) is 0.239. The van der Waals surface area contributed by atoms with Gasteiger partial charge in [0.2, 0.25) is 0 Å². The van der Waals surface area contributed by atoms with Crippen LogP contribution in [0.3, 0.4) is 0 Å². The zero-order valence-corrected chi connectivity index (χ0v) is 22.4. The van der Waals surface area contributed by atoms with Gasteiger partial charge in [-0.1, -0.05) is 29.3 Å². The molecule has 0 bridgehead atoms. The van der Waals surface area contributed by atoms with Gasteiger partial charge in [-0.2, -0.15) is 5.26 Å². The summed E-state index contributed by atoms with van der Waals surface area (Å²) in [6.45, 7) is 8.46. The molecule has 0 amide bonds. The second kappa shape index (κ2) is 12.3. The van der Waals surface area contributed by atoms with E-state index in [1.54, 1.807) is 25.1 Å². The predicted octanol–water partition coefficient (Wildman–Crippen LogP) is 5.90. The molecule has 1 fully saturated rings. The van der Waals surface area contributed by atoms with Crippen molar-refractivity contribution in [3.05, 3.63) is 52.1 Å². The number of esters is 1. The maximum Gasteiger partial charge on any atom is 0.341 e. The number of carbonyl (C=O) groups is 1. The maximum atomic E-state index is 12.9. The molecular formula is C27H29Cl2N5O3. The molecule has 0 aliphatic carbocycles. The first-order valence-corrected chi connectivity index (χ1v) is 13.0. The van der Waals surface area contributed by atoms with E-state index in [4.69, 9.17) is 37.9 Å². The van der Waals surface area contributed by atoms with Crippen molar-refractivity contribution in [3.8, 4) is 11.8 Å². The van der Waals surface area contributed by atoms with Crippen molar-refractivity contribution >= 4 is 57.1 Å². The minimum absolute atomic E-state index is 0.235. The number of anilines is 3. The smallest absolute Gasteiger partial charge is 0.341 e. The largest absolute Gasteiger partial charge is 0.492 e. The molecule has 3 aromatic rings. The first-order valence-electron chi connectivity index (χ1n) is 12.3. The Morgan fingerprint density at radius 1 is 1.16 bits per heavy atom. The van der Waals surface area contributed by atoms with Gasteiger partial charge in [-0.3, -0.25) is 9.88 Å². The van der Waals surface area contributed by atoms with Crippen LogP contribution >= 0.6 is 23.2 Å². The molecule has 37 heavy (non-hydrogen) atoms. The van der Waals surface area contributed by atoms with Gasteiger partial charge in [0.05, 0.1) is 51.9 Å². The van der Waals surface area contributed by atoms with Crippen LogP contribution in [-0.2, 0) is 4.74 Å². The molecule has 0 radical (unpaired) electrons. The van der Waals surface area contributed by atoms with Gasteiger partial charge in [0, 0.05) is 56.8 Å². The van der Waals surface area contributed by atoms with E-state index in [2.05, 4.69) is 26.2 Å². The highest BCUT2D eigenvalue weighted by Crippen LogP contribution is 2.40. The molecule has 1 aromatic heterocycles. The van der Waals surface area contributed by atoms with Gasteiger partial charge in [0.1, 0.15) is 11.3 Å². The highest BCUT2D eigenvalue weighted by molar-refractivity contribution is 6.43. The Hall–Kier alpha value is -3.25. The standard InChI is InChI=1S/C27H29Cl2N5O3/c1-3-36-24-16-22-18(15-23(24)34-13-11-33(12-14-34)10-6-9-30)26(19(17-31-22)27(35)37-4-2)32-21-8-5-7-20(28)25(21)29/h5,7-8,15-17H,3-4,6,10-14H2,1-2H3,(H,31,32). The molecule has 1 aliphatic rings. The number of nitrogens with one attached hydrogen (secondary N) is 1. The normalized spacial score (nSPS) is 13.9. The third kappa shape index (κ3) is 6.02. The summed E-state index contributed by atoms with van der Waals surface area (Å²) in [6.07, 6.45) is 2.02. The molecule has 2 aromatic carbocycles. The monoisotopic (exact) mass is 541 g/mol. The maximum absolute atomic E-state index is 12.9. The fourth-order valence-electron chi connectivity index (χ4n) is 4.38. The highest BCUT2D eigenvalue weighted by atomic mass is 35.5. The number of ether oxygens (including phenoxy) is 2. The van der Waals surface area contributed by atoms with Crippen molar-refractivity contribution in [2.75, 3.05) is 56.2 Å². The number of carbonyl (C=O) groups excluding carboxylic acids is 1. The van der Waals surface area contributed by atoms with Crippen molar-refractivity contribution in [1.29, 1.82) is 5.26 Å². The third-order valence-electron chi connectivity index (χ3n) is 6.21. The Morgan fingerprint density at radius 3 is 2.65 bits per heavy atom. The van der Waals surface area contributed by atoms with Crippen LogP contribution in [0.25, 0.3) is 10.9 Å². The van der Waals surface area contributed by atoms with Crippen LogP contribution in [-0.4, -0.2) is 61.8 Å². The molecule has 2 heterocycles. The van der Waals surface area contributed by atoms with Crippen molar-refractivity contribution in [1.82, 2.24) is 9.88 Å². The number of pyridine rings is 1. The Bertz CT molecular complexity index is 1320. The van der Waals surface area contributed by atoms with Gasteiger partial charge in [0.25, 0.3) is 0 Å². The summed E-state index contributed by atoms with van der Waals surface area (Å²) < 4.78 is 11.3. The third-order valence-corrected chi connectivity index (χ3v) is 7.03. The van der Waals surface area contributed by atoms with Crippen LogP contribution in [0, 0.1) is 11.3 Å². The summed E-state index contributed by atoms with van der Waals surface area (Å²) in [7, 11) is 0. The second-order valence-electron chi connectivity index (χ2n) is 8.50. The molecule has 0 saturated carbocycles. The van der Waals surface area contributed by atoms with Crippen molar-refractivity contribution in [2.24, 2.45) is 0 Å². The molecule has 194 valence electrons. The number of halogens is 2. The molecule has 1 N–H and O–H groups in total. The molecule has 8 nitrogen and oxygen atoms in total. The van der Waals surface area contributed by atoms with Crippen molar-refractivity contribution in [3.63, 3.8) is 0 Å². The highest BCUT2D eigenvalue weighted by Gasteiger charge is 2.24. The molecule has 10 heteroatoms. The fraction of sp³-hybridized carbons (Fsp3) is 0.370. The second-order valence-corrected chi connectivity index (χ2v) is 9.29. The van der Waals surface area contributed by atoms with Crippen LogP contribution in [0.5, 0.6) is 5.75 Å². The first-order chi connectivity index (χ1) is 18.0. The van der Waals surface area contributed by atoms with Gasteiger partial charge in [-0.05, 0) is 32.0 Å². The average Bonchev–Trinajstić information content (AvgIpc) is 2.90. The number of aromatic nitrogens is 1. The first kappa shape index (κ1) is 26.8. The zero-order chi connectivity index (χ0) is 26.4. The quantitative estimate of drug-likeness (QED) is 0.335. The summed E-state index contributed by atoms with van der Waals surface area (Å²) in [6, 6.07) is 11.4. The minimum atomic E-state index is -0.487. The van der Waals surface area contributed by atoms with Crippen LogP contribution in [0.15, 0.2) is 36.5 Å². The Labute approximate surface area is 226 Å². The number of fused-ring (bicyclic) bond motifs is 1. The van der Waals surface area contributed by atoms with Gasteiger partial charge in [-0.25, -0.2) is 4.79 Å². The fourth-order valence-corrected chi connectivity index (χ4v) is 4.73. The Balaban J connectivity index is 1.81. The van der Waals surface area contributed by atoms with Gasteiger partial charge >= 0.3 is 5.97 Å². The van der Waals surface area contributed by atoms with Crippen LogP contribution in [0.2, 0.25) is 10.0 Å². The molecule has 0 atom stereocenters. The SMILES string of the molecule is CCOC(=O)c1cnc2cc(OCC)c(N3CCN(CCC#N)CC3)cc2c1Nc1cccc(Cl)c1Cl. The molecule has 0 spiro atoms. The number of hydrogen-bond donors (Lipinski definition) is 1. The van der Waals surface area contributed by atoms with Crippen molar-refractivity contribution in [2.45, 2.75) is 20.3 Å². The summed E-state index contributed by atoms with van der Waals surface area (Å²) in [5.41, 5.74) is 2.96. The van der Waals surface area contributed by atoms with Gasteiger partial charge in [0.15, 0.2) is 0 Å². The Kier molecular flexibility index (Phi) is 8.93. The number of rotatable bonds is 9. The zero-order valence-electron chi connectivity index (χ0n) is 20.9. The van der Waals surface area contributed by atoms with E-state index >= 15 is 0 Å². The number of piperazine rings is 1. The Morgan fingerprint density at radius 2 is 1.95 bits per heavy atom. The van der Waals surface area contributed by atoms with E-state index in [1.165, 1.54) is 6.20 Å². The van der Waals surface area contributed by atoms with E-state index < -0.39 is 5.97 Å². The number of benzene rings is 2. The number of nitriles is 1. The summed E-state index contributed by atoms with van der Waals surface area (Å²) in [4.78, 5) is 22.0. The van der Waals surface area contributed by atoms with E-state index in [0.29, 0.717) is 45.5 Å². The van der Waals surface area contributed by atoms with Crippen LogP contribution < -0.4 is 15.0 Å². The van der Waals surface area contributed by atoms with Gasteiger partial charge < -0.3 is 19.7 Å². The predicted molar refractivity (Wildman–Crippen MR) is 147 cm³/mol. The van der Waals surface area contributed by atoms with E-state index in [9.17, 15) is 4.79 Å². The van der Waals surface area contributed by atoms with Crippen LogP contribution in [0.1, 0.15) is 30.6 Å². The molecule has 0 unspecified atom stereocenters. The lowest BCUT2D eigenvalue weighted by molar-refractivity contribution is 0.0527. The van der Waals surface area contributed by atoms with Crippen molar-refractivity contribution < 1.29 is 14.3 Å². The summed E-state index contributed by atoms with van der Waals surface area (Å²) >= 11 is 12.7. The lowest BCUT2D eigenvalue weighted by Gasteiger charge is -2.36. The van der Waals surface area contributed by atoms with Crippen LogP contribution in [0.4, 0.5) is 17.1 Å². The molecular weight excluding hydrogens is 513 g/mol. The van der Waals surface area contributed by atoms with E-state index in [1.807, 2.05) is 19.1 Å². The summed E-state index contributed by atoms with van der Waals surface area (Å²) in [5, 5.41) is 13.7.